The summed E-state index contributed by atoms with van der Waals surface area (Å²) < 4.78 is 10.6. The fourth-order valence-corrected chi connectivity index (χ4v) is 2.96. The van der Waals surface area contributed by atoms with E-state index in [1.807, 2.05) is 18.2 Å². The van der Waals surface area contributed by atoms with E-state index in [0.29, 0.717) is 5.46 Å². The fourth-order valence-electron chi connectivity index (χ4n) is 2.96. The number of carbonyl (C=O) groups is 1. The quantitative estimate of drug-likeness (QED) is 0.612. The molecule has 0 bridgehead atoms. The summed E-state index contributed by atoms with van der Waals surface area (Å²) >= 11 is 0. The molecule has 0 aromatic heterocycles. The Morgan fingerprint density at radius 1 is 1.50 bits per heavy atom. The Balaban J connectivity index is 2.14. The normalized spacial score (nSPS) is 26.7. The van der Waals surface area contributed by atoms with Crippen molar-refractivity contribution in [3.63, 3.8) is 0 Å². The SMILES string of the molecule is COC(=O)C1(C2CCC2)OB(O)c2ccccc21. The van der Waals surface area contributed by atoms with Gasteiger partial charge in [0, 0.05) is 5.92 Å². The van der Waals surface area contributed by atoms with Crippen LogP contribution in [0.5, 0.6) is 0 Å². The Kier molecular flexibility index (Phi) is 2.68. The number of hydrogen-bond acceptors (Lipinski definition) is 4. The first-order valence-corrected chi connectivity index (χ1v) is 6.24. The number of fused-ring (bicyclic) bond motifs is 1. The first-order chi connectivity index (χ1) is 8.70. The van der Waals surface area contributed by atoms with Crippen molar-refractivity contribution in [3.05, 3.63) is 29.8 Å². The summed E-state index contributed by atoms with van der Waals surface area (Å²) in [7, 11) is 0.320. The van der Waals surface area contributed by atoms with Gasteiger partial charge in [0.2, 0.25) is 0 Å². The Morgan fingerprint density at radius 3 is 2.83 bits per heavy atom. The van der Waals surface area contributed by atoms with Crippen LogP contribution in [0.4, 0.5) is 0 Å². The van der Waals surface area contributed by atoms with Crippen LogP contribution in [0, 0.1) is 5.92 Å². The molecule has 1 N–H and O–H groups in total. The number of benzene rings is 1. The third kappa shape index (κ3) is 1.37. The zero-order valence-corrected chi connectivity index (χ0v) is 10.3. The van der Waals surface area contributed by atoms with Crippen molar-refractivity contribution in [3.8, 4) is 0 Å². The molecule has 94 valence electrons. The van der Waals surface area contributed by atoms with Crippen molar-refractivity contribution < 1.29 is 19.2 Å². The lowest BCUT2D eigenvalue weighted by atomic mass is 9.68. The highest BCUT2D eigenvalue weighted by Crippen LogP contribution is 2.47. The summed E-state index contributed by atoms with van der Waals surface area (Å²) in [5.41, 5.74) is 0.326. The second kappa shape index (κ2) is 4.11. The minimum atomic E-state index is -1.11. The molecule has 4 nitrogen and oxygen atoms in total. The number of hydrogen-bond donors (Lipinski definition) is 1. The van der Waals surface area contributed by atoms with Crippen LogP contribution in [-0.2, 0) is 19.8 Å². The van der Waals surface area contributed by atoms with Gasteiger partial charge in [-0.15, -0.1) is 0 Å². The van der Waals surface area contributed by atoms with Crippen LogP contribution in [-0.4, -0.2) is 25.2 Å². The minimum Gasteiger partial charge on any atom is -0.467 e. The van der Waals surface area contributed by atoms with E-state index in [2.05, 4.69) is 0 Å². The molecule has 18 heavy (non-hydrogen) atoms. The van der Waals surface area contributed by atoms with Crippen molar-refractivity contribution in [1.82, 2.24) is 0 Å². The Labute approximate surface area is 106 Å². The van der Waals surface area contributed by atoms with Gasteiger partial charge >= 0.3 is 13.1 Å². The van der Waals surface area contributed by atoms with Crippen LogP contribution in [0.1, 0.15) is 24.8 Å². The first kappa shape index (κ1) is 11.7. The second-order valence-electron chi connectivity index (χ2n) is 4.91. The molecule has 1 saturated carbocycles. The maximum absolute atomic E-state index is 12.2. The number of rotatable bonds is 2. The third-order valence-electron chi connectivity index (χ3n) is 4.09. The van der Waals surface area contributed by atoms with Gasteiger partial charge < -0.3 is 14.4 Å². The standard InChI is InChI=1S/C13H15BO4/c1-17-12(15)13(9-5-4-6-9)10-7-2-3-8-11(10)14(16)18-13/h2-3,7-9,16H,4-6H2,1H3. The van der Waals surface area contributed by atoms with Gasteiger partial charge in [0.1, 0.15) is 0 Å². The number of esters is 1. The first-order valence-electron chi connectivity index (χ1n) is 6.24. The highest BCUT2D eigenvalue weighted by molar-refractivity contribution is 6.62. The van der Waals surface area contributed by atoms with Gasteiger partial charge in [-0.25, -0.2) is 4.79 Å². The highest BCUT2D eigenvalue weighted by Gasteiger charge is 2.58. The fraction of sp³-hybridized carbons (Fsp3) is 0.462. The molecule has 1 aliphatic carbocycles. The molecule has 1 heterocycles. The second-order valence-corrected chi connectivity index (χ2v) is 4.91. The molecular formula is C13H15BO4. The van der Waals surface area contributed by atoms with Crippen LogP contribution >= 0.6 is 0 Å². The number of ether oxygens (including phenoxy) is 1. The summed E-state index contributed by atoms with van der Waals surface area (Å²) in [5, 5.41) is 10.00. The molecule has 1 fully saturated rings. The summed E-state index contributed by atoms with van der Waals surface area (Å²) in [4.78, 5) is 12.2. The molecule has 0 spiro atoms. The molecule has 1 aliphatic heterocycles. The van der Waals surface area contributed by atoms with Crippen LogP contribution in [0.2, 0.25) is 0 Å². The molecule has 1 unspecified atom stereocenters. The Hall–Kier alpha value is -1.33. The molecular weight excluding hydrogens is 231 g/mol. The summed E-state index contributed by atoms with van der Waals surface area (Å²) in [6.07, 6.45) is 2.94. The average Bonchev–Trinajstić information content (AvgIpc) is 2.62. The van der Waals surface area contributed by atoms with E-state index in [1.165, 1.54) is 7.11 Å². The summed E-state index contributed by atoms with van der Waals surface area (Å²) in [5.74, 6) is -0.306. The van der Waals surface area contributed by atoms with Crippen LogP contribution < -0.4 is 5.46 Å². The van der Waals surface area contributed by atoms with Gasteiger partial charge in [-0.05, 0) is 23.9 Å². The molecule has 1 aromatic carbocycles. The lowest BCUT2D eigenvalue weighted by Crippen LogP contribution is -2.47. The Morgan fingerprint density at radius 2 is 2.22 bits per heavy atom. The van der Waals surface area contributed by atoms with Crippen LogP contribution in [0.25, 0.3) is 0 Å². The molecule has 2 aliphatic rings. The van der Waals surface area contributed by atoms with E-state index in [4.69, 9.17) is 9.39 Å². The van der Waals surface area contributed by atoms with Crippen LogP contribution in [0.15, 0.2) is 24.3 Å². The van der Waals surface area contributed by atoms with Crippen molar-refractivity contribution in [2.75, 3.05) is 7.11 Å². The van der Waals surface area contributed by atoms with Gasteiger partial charge in [0.15, 0.2) is 5.60 Å². The molecule has 5 heteroatoms. The molecule has 1 aromatic rings. The lowest BCUT2D eigenvalue weighted by Gasteiger charge is -2.40. The lowest BCUT2D eigenvalue weighted by molar-refractivity contribution is -0.170. The molecule has 0 radical (unpaired) electrons. The van der Waals surface area contributed by atoms with E-state index in [-0.39, 0.29) is 5.92 Å². The van der Waals surface area contributed by atoms with Gasteiger partial charge in [-0.3, -0.25) is 0 Å². The zero-order chi connectivity index (χ0) is 12.8. The van der Waals surface area contributed by atoms with E-state index in [0.717, 1.165) is 24.8 Å². The maximum atomic E-state index is 12.2. The highest BCUT2D eigenvalue weighted by atomic mass is 16.6. The smallest absolute Gasteiger partial charge is 0.467 e. The molecule has 3 rings (SSSR count). The predicted octanol–water partition coefficient (Wildman–Crippen LogP) is 0.573. The van der Waals surface area contributed by atoms with E-state index < -0.39 is 18.7 Å². The van der Waals surface area contributed by atoms with Gasteiger partial charge in [0.25, 0.3) is 0 Å². The summed E-state index contributed by atoms with van der Waals surface area (Å²) in [6.45, 7) is 0. The zero-order valence-electron chi connectivity index (χ0n) is 10.3. The predicted molar refractivity (Wildman–Crippen MR) is 66.2 cm³/mol. The van der Waals surface area contributed by atoms with Crippen LogP contribution in [0.3, 0.4) is 0 Å². The topological polar surface area (TPSA) is 55.8 Å². The van der Waals surface area contributed by atoms with Crippen molar-refractivity contribution in [1.29, 1.82) is 0 Å². The molecule has 1 atom stereocenters. The molecule has 0 amide bonds. The monoisotopic (exact) mass is 246 g/mol. The van der Waals surface area contributed by atoms with Gasteiger partial charge in [-0.1, -0.05) is 30.7 Å². The average molecular weight is 246 g/mol. The molecule has 0 saturated heterocycles. The van der Waals surface area contributed by atoms with Gasteiger partial charge in [0.05, 0.1) is 7.11 Å². The minimum absolute atomic E-state index is 0.100. The summed E-state index contributed by atoms with van der Waals surface area (Å²) in [6, 6.07) is 7.33. The van der Waals surface area contributed by atoms with E-state index in [9.17, 15) is 9.82 Å². The number of methoxy groups -OCH3 is 1. The Bertz CT molecular complexity index is 486. The third-order valence-corrected chi connectivity index (χ3v) is 4.09. The van der Waals surface area contributed by atoms with E-state index in [1.54, 1.807) is 6.07 Å². The van der Waals surface area contributed by atoms with Gasteiger partial charge in [-0.2, -0.15) is 0 Å². The van der Waals surface area contributed by atoms with Crippen molar-refractivity contribution in [2.24, 2.45) is 5.92 Å². The number of carbonyl (C=O) groups excluding carboxylic acids is 1. The van der Waals surface area contributed by atoms with E-state index >= 15 is 0 Å². The maximum Gasteiger partial charge on any atom is 0.492 e. The van der Waals surface area contributed by atoms with Crippen molar-refractivity contribution >= 4 is 18.6 Å². The largest absolute Gasteiger partial charge is 0.492 e. The van der Waals surface area contributed by atoms with Crippen molar-refractivity contribution in [2.45, 2.75) is 24.9 Å².